The van der Waals surface area contributed by atoms with Crippen molar-refractivity contribution in [2.75, 3.05) is 10.1 Å². The van der Waals surface area contributed by atoms with Crippen molar-refractivity contribution in [2.24, 2.45) is 5.41 Å². The fourth-order valence-corrected chi connectivity index (χ4v) is 6.53. The number of amides is 1. The van der Waals surface area contributed by atoms with Crippen LogP contribution < -0.4 is 9.03 Å². The van der Waals surface area contributed by atoms with Gasteiger partial charge < -0.3 is 0 Å². The predicted molar refractivity (Wildman–Crippen MR) is 96.3 cm³/mol. The fourth-order valence-electron chi connectivity index (χ4n) is 2.78. The summed E-state index contributed by atoms with van der Waals surface area (Å²) < 4.78 is 53.0. The summed E-state index contributed by atoms with van der Waals surface area (Å²) in [6, 6.07) is 4.09. The van der Waals surface area contributed by atoms with Crippen LogP contribution in [0.2, 0.25) is 0 Å². The minimum Gasteiger partial charge on any atom is -0.273 e. The van der Waals surface area contributed by atoms with Gasteiger partial charge in [-0.1, -0.05) is 0 Å². The topological polar surface area (TPSA) is 101 Å². The first-order valence-electron chi connectivity index (χ1n) is 7.79. The standard InChI is InChI=1S/C16H24N2O5S2/c1-11-9-12(18-14(19)16(5,6)10-24(18,20)21)7-8-13(11)25(22,23)17-15(2,3)4/h7-9,17H,10H2,1-6H3. The highest BCUT2D eigenvalue weighted by Gasteiger charge is 2.50. The molecule has 7 nitrogen and oxygen atoms in total. The van der Waals surface area contributed by atoms with E-state index in [1.807, 2.05) is 0 Å². The number of hydrogen-bond donors (Lipinski definition) is 1. The number of anilines is 1. The molecule has 1 aromatic rings. The Balaban J connectivity index is 2.50. The minimum absolute atomic E-state index is 0.0504. The molecule has 2 rings (SSSR count). The lowest BCUT2D eigenvalue weighted by Crippen LogP contribution is -2.40. The zero-order valence-corrected chi connectivity index (χ0v) is 16.9. The van der Waals surface area contributed by atoms with Crippen LogP contribution in [0.5, 0.6) is 0 Å². The number of aryl methyl sites for hydroxylation is 1. The van der Waals surface area contributed by atoms with E-state index >= 15 is 0 Å². The Morgan fingerprint density at radius 2 is 1.76 bits per heavy atom. The van der Waals surface area contributed by atoms with Crippen LogP contribution in [0.1, 0.15) is 40.2 Å². The average Bonchev–Trinajstić information content (AvgIpc) is 2.49. The lowest BCUT2D eigenvalue weighted by molar-refractivity contribution is -0.123. The molecule has 1 heterocycles. The van der Waals surface area contributed by atoms with Crippen LogP contribution in [0.15, 0.2) is 23.1 Å². The van der Waals surface area contributed by atoms with Gasteiger partial charge in [-0.25, -0.2) is 25.9 Å². The molecule has 0 unspecified atom stereocenters. The first-order valence-corrected chi connectivity index (χ1v) is 10.9. The molecular weight excluding hydrogens is 364 g/mol. The Labute approximate surface area is 149 Å². The highest BCUT2D eigenvalue weighted by Crippen LogP contribution is 2.36. The van der Waals surface area contributed by atoms with Gasteiger partial charge in [0.05, 0.1) is 21.8 Å². The zero-order chi connectivity index (χ0) is 19.4. The number of carbonyl (C=O) groups is 1. The van der Waals surface area contributed by atoms with Gasteiger partial charge >= 0.3 is 0 Å². The van der Waals surface area contributed by atoms with E-state index in [1.54, 1.807) is 41.5 Å². The fraction of sp³-hybridized carbons (Fsp3) is 0.562. The van der Waals surface area contributed by atoms with Gasteiger partial charge in [0.15, 0.2) is 0 Å². The number of rotatable bonds is 3. The van der Waals surface area contributed by atoms with Crippen molar-refractivity contribution in [1.29, 1.82) is 0 Å². The summed E-state index contributed by atoms with van der Waals surface area (Å²) in [5.74, 6) is -0.793. The summed E-state index contributed by atoms with van der Waals surface area (Å²) >= 11 is 0. The Kier molecular flexibility index (Phi) is 4.60. The molecule has 0 aliphatic carbocycles. The van der Waals surface area contributed by atoms with Gasteiger partial charge in [-0.2, -0.15) is 0 Å². The zero-order valence-electron chi connectivity index (χ0n) is 15.2. The molecule has 1 aliphatic rings. The van der Waals surface area contributed by atoms with E-state index in [9.17, 15) is 21.6 Å². The Bertz CT molecular complexity index is 926. The van der Waals surface area contributed by atoms with E-state index in [1.165, 1.54) is 18.2 Å². The molecule has 0 atom stereocenters. The largest absolute Gasteiger partial charge is 0.273 e. The molecule has 1 aromatic carbocycles. The molecule has 140 valence electrons. The highest BCUT2D eigenvalue weighted by atomic mass is 32.2. The van der Waals surface area contributed by atoms with Crippen LogP contribution in [0.25, 0.3) is 0 Å². The third-order valence-electron chi connectivity index (χ3n) is 3.71. The second-order valence-corrected chi connectivity index (χ2v) is 11.5. The van der Waals surface area contributed by atoms with Crippen molar-refractivity contribution < 1.29 is 21.6 Å². The number of sulfonamides is 2. The lowest BCUT2D eigenvalue weighted by Gasteiger charge is -2.22. The Morgan fingerprint density at radius 3 is 2.16 bits per heavy atom. The summed E-state index contributed by atoms with van der Waals surface area (Å²) in [5, 5.41) is 0. The summed E-state index contributed by atoms with van der Waals surface area (Å²) in [4.78, 5) is 12.5. The highest BCUT2D eigenvalue weighted by molar-refractivity contribution is 7.94. The van der Waals surface area contributed by atoms with Gasteiger partial charge in [0.2, 0.25) is 26.0 Å². The predicted octanol–water partition coefficient (Wildman–Crippen LogP) is 1.77. The number of nitrogens with one attached hydrogen (secondary N) is 1. The van der Waals surface area contributed by atoms with E-state index in [2.05, 4.69) is 4.72 Å². The number of hydrogen-bond acceptors (Lipinski definition) is 5. The lowest BCUT2D eigenvalue weighted by atomic mass is 9.95. The maximum atomic E-state index is 12.5. The second-order valence-electron chi connectivity index (χ2n) is 8.01. The maximum Gasteiger partial charge on any atom is 0.247 e. The molecule has 0 saturated carbocycles. The monoisotopic (exact) mass is 388 g/mol. The second kappa shape index (κ2) is 5.78. The van der Waals surface area contributed by atoms with Crippen molar-refractivity contribution in [3.8, 4) is 0 Å². The smallest absolute Gasteiger partial charge is 0.247 e. The van der Waals surface area contributed by atoms with E-state index in [0.717, 1.165) is 4.31 Å². The molecule has 1 N–H and O–H groups in total. The van der Waals surface area contributed by atoms with E-state index in [4.69, 9.17) is 0 Å². The molecule has 1 saturated heterocycles. The van der Waals surface area contributed by atoms with Gasteiger partial charge in [0.25, 0.3) is 0 Å². The molecule has 9 heteroatoms. The molecule has 1 aliphatic heterocycles. The van der Waals surface area contributed by atoms with Crippen molar-refractivity contribution >= 4 is 31.6 Å². The van der Waals surface area contributed by atoms with Crippen LogP contribution in [0.3, 0.4) is 0 Å². The number of benzene rings is 1. The molecule has 0 spiro atoms. The Morgan fingerprint density at radius 1 is 1.20 bits per heavy atom. The molecule has 0 aromatic heterocycles. The molecule has 0 bridgehead atoms. The van der Waals surface area contributed by atoms with E-state index in [0.29, 0.717) is 5.56 Å². The average molecular weight is 389 g/mol. The first-order chi connectivity index (χ1) is 11.1. The third kappa shape index (κ3) is 3.88. The SMILES string of the molecule is Cc1cc(N2C(=O)C(C)(C)CS2(=O)=O)ccc1S(=O)(=O)NC(C)(C)C. The Hall–Kier alpha value is -1.45. The molecule has 0 radical (unpaired) electrons. The van der Waals surface area contributed by atoms with Gasteiger partial charge in [0.1, 0.15) is 0 Å². The van der Waals surface area contributed by atoms with Crippen LogP contribution in [0.4, 0.5) is 5.69 Å². The molecule has 1 fully saturated rings. The van der Waals surface area contributed by atoms with Crippen LogP contribution in [-0.4, -0.2) is 34.0 Å². The van der Waals surface area contributed by atoms with Crippen molar-refractivity contribution in [1.82, 2.24) is 4.72 Å². The maximum absolute atomic E-state index is 12.5. The van der Waals surface area contributed by atoms with Gasteiger partial charge in [-0.3, -0.25) is 4.79 Å². The van der Waals surface area contributed by atoms with Crippen LogP contribution in [-0.2, 0) is 24.8 Å². The van der Waals surface area contributed by atoms with Crippen molar-refractivity contribution in [2.45, 2.75) is 52.0 Å². The first kappa shape index (κ1) is 19.9. The quantitative estimate of drug-likeness (QED) is 0.850. The summed E-state index contributed by atoms with van der Waals surface area (Å²) in [7, 11) is -7.53. The van der Waals surface area contributed by atoms with Gasteiger partial charge in [0, 0.05) is 5.54 Å². The molecule has 25 heavy (non-hydrogen) atoms. The van der Waals surface area contributed by atoms with E-state index < -0.39 is 36.9 Å². The normalized spacial score (nSPS) is 20.1. The van der Waals surface area contributed by atoms with Crippen LogP contribution >= 0.6 is 0 Å². The summed E-state index contributed by atoms with van der Waals surface area (Å²) in [5.41, 5.74) is -1.14. The van der Waals surface area contributed by atoms with Crippen molar-refractivity contribution in [3.63, 3.8) is 0 Å². The molecular formula is C16H24N2O5S2. The van der Waals surface area contributed by atoms with Gasteiger partial charge in [-0.05, 0) is 65.3 Å². The number of carbonyl (C=O) groups excluding carboxylic acids is 1. The van der Waals surface area contributed by atoms with E-state index in [-0.39, 0.29) is 16.3 Å². The summed E-state index contributed by atoms with van der Waals surface area (Å²) in [6.07, 6.45) is 0. The minimum atomic E-state index is -3.77. The van der Waals surface area contributed by atoms with Crippen molar-refractivity contribution in [3.05, 3.63) is 23.8 Å². The third-order valence-corrected chi connectivity index (χ3v) is 7.65. The van der Waals surface area contributed by atoms with Gasteiger partial charge in [-0.15, -0.1) is 0 Å². The summed E-state index contributed by atoms with van der Waals surface area (Å²) in [6.45, 7) is 9.90. The van der Waals surface area contributed by atoms with Crippen LogP contribution in [0, 0.1) is 12.3 Å². The molecule has 1 amide bonds. The number of nitrogens with zero attached hydrogens (tertiary/aromatic N) is 1.